The Morgan fingerprint density at radius 3 is 2.74 bits per heavy atom. The van der Waals surface area contributed by atoms with Gasteiger partial charge in [0.15, 0.2) is 24.1 Å². The first kappa shape index (κ1) is 27.3. The van der Waals surface area contributed by atoms with Crippen molar-refractivity contribution >= 4 is 51.9 Å². The summed E-state index contributed by atoms with van der Waals surface area (Å²) in [6.45, 7) is 3.03. The number of carbonyl (C=O) groups is 3. The zero-order chi connectivity index (χ0) is 27.2. The van der Waals surface area contributed by atoms with Crippen molar-refractivity contribution in [3.8, 4) is 5.75 Å². The number of aromatic nitrogens is 3. The topological polar surface area (TPSA) is 182 Å². The molecule has 1 unspecified atom stereocenters. The number of thioether (sulfide) groups is 1. The third-order valence-corrected chi connectivity index (χ3v) is 7.36. The van der Waals surface area contributed by atoms with E-state index in [9.17, 15) is 19.5 Å². The SMILES string of the molecule is CCON=C(C(=O)NC1C(=O)N2C(C(=O)O)=C(C[n+]3ccc(OCCOC)cc3)CS[C@H]12)c1nsc(N)n1. The van der Waals surface area contributed by atoms with Gasteiger partial charge in [-0.05, 0) is 6.92 Å². The number of carbonyl (C=O) groups excluding carboxylic acids is 2. The minimum absolute atomic E-state index is 0.0288. The van der Waals surface area contributed by atoms with Gasteiger partial charge in [0.2, 0.25) is 11.5 Å². The summed E-state index contributed by atoms with van der Waals surface area (Å²) in [5, 5.41) is 15.9. The van der Waals surface area contributed by atoms with Crippen molar-refractivity contribution in [1.29, 1.82) is 0 Å². The molecule has 2 aliphatic rings. The minimum atomic E-state index is -1.22. The van der Waals surface area contributed by atoms with Gasteiger partial charge in [0, 0.05) is 42.1 Å². The first-order valence-electron chi connectivity index (χ1n) is 11.4. The van der Waals surface area contributed by atoms with Crippen LogP contribution in [0.3, 0.4) is 0 Å². The molecule has 0 aliphatic carbocycles. The molecule has 4 heterocycles. The number of rotatable bonds is 12. The molecule has 2 atom stereocenters. The molecule has 0 aromatic carbocycles. The Labute approximate surface area is 225 Å². The number of aliphatic carboxylic acids is 1. The fourth-order valence-corrected chi connectivity index (χ4v) is 5.54. The number of anilines is 1. The van der Waals surface area contributed by atoms with Gasteiger partial charge < -0.3 is 30.5 Å². The fourth-order valence-electron chi connectivity index (χ4n) is 3.77. The Balaban J connectivity index is 1.47. The zero-order valence-electron chi connectivity index (χ0n) is 20.5. The van der Waals surface area contributed by atoms with Crippen LogP contribution in [0.15, 0.2) is 41.0 Å². The van der Waals surface area contributed by atoms with Crippen LogP contribution in [-0.2, 0) is 30.5 Å². The van der Waals surface area contributed by atoms with Gasteiger partial charge in [-0.15, -0.1) is 11.8 Å². The van der Waals surface area contributed by atoms with Crippen molar-refractivity contribution in [3.63, 3.8) is 0 Å². The van der Waals surface area contributed by atoms with E-state index in [0.717, 1.165) is 11.5 Å². The van der Waals surface area contributed by atoms with E-state index in [2.05, 4.69) is 19.8 Å². The van der Waals surface area contributed by atoms with Crippen LogP contribution >= 0.6 is 23.3 Å². The number of nitrogens with one attached hydrogen (secondary N) is 1. The summed E-state index contributed by atoms with van der Waals surface area (Å²) >= 11 is 2.24. The van der Waals surface area contributed by atoms with E-state index < -0.39 is 29.2 Å². The molecule has 0 spiro atoms. The second-order valence-corrected chi connectivity index (χ2v) is 9.87. The van der Waals surface area contributed by atoms with Crippen LogP contribution in [0, 0.1) is 0 Å². The highest BCUT2D eigenvalue weighted by molar-refractivity contribution is 8.00. The van der Waals surface area contributed by atoms with Gasteiger partial charge in [0.25, 0.3) is 11.8 Å². The van der Waals surface area contributed by atoms with Gasteiger partial charge in [-0.3, -0.25) is 14.5 Å². The summed E-state index contributed by atoms with van der Waals surface area (Å²) in [6, 6.07) is 2.58. The smallest absolute Gasteiger partial charge is 0.352 e. The first-order valence-corrected chi connectivity index (χ1v) is 13.3. The second kappa shape index (κ2) is 12.2. The molecule has 4 rings (SSSR count). The van der Waals surface area contributed by atoms with E-state index in [0.29, 0.717) is 30.3 Å². The quantitative estimate of drug-likeness (QED) is 0.100. The third-order valence-electron chi connectivity index (χ3n) is 5.48. The Morgan fingerprint density at radius 1 is 1.34 bits per heavy atom. The predicted octanol–water partition coefficient (Wildman–Crippen LogP) is -0.388. The molecule has 14 nitrogen and oxygen atoms in total. The number of ether oxygens (including phenoxy) is 2. The molecule has 2 aromatic heterocycles. The van der Waals surface area contributed by atoms with Crippen LogP contribution in [0.5, 0.6) is 5.75 Å². The summed E-state index contributed by atoms with van der Waals surface area (Å²) in [6.07, 6.45) is 3.54. The molecule has 202 valence electrons. The highest BCUT2D eigenvalue weighted by Gasteiger charge is 2.54. The molecule has 1 saturated heterocycles. The van der Waals surface area contributed by atoms with E-state index in [1.165, 1.54) is 16.7 Å². The highest BCUT2D eigenvalue weighted by atomic mass is 32.2. The Hall–Kier alpha value is -3.76. The molecule has 2 amide bonds. The number of nitrogens with two attached hydrogens (primary N) is 1. The van der Waals surface area contributed by atoms with E-state index in [1.807, 2.05) is 0 Å². The predicted molar refractivity (Wildman–Crippen MR) is 136 cm³/mol. The molecule has 2 aliphatic heterocycles. The number of oxime groups is 1. The summed E-state index contributed by atoms with van der Waals surface area (Å²) in [7, 11) is 1.59. The average molecular weight is 565 g/mol. The number of nitrogen functional groups attached to an aromatic ring is 1. The first-order chi connectivity index (χ1) is 18.3. The lowest BCUT2D eigenvalue weighted by Crippen LogP contribution is -2.71. The Bertz CT molecular complexity index is 1260. The normalized spacial score (nSPS) is 19.1. The van der Waals surface area contributed by atoms with E-state index in [-0.39, 0.29) is 35.5 Å². The lowest BCUT2D eigenvalue weighted by Gasteiger charge is -2.49. The number of hydrogen-bond donors (Lipinski definition) is 3. The van der Waals surface area contributed by atoms with Gasteiger partial charge in [0.1, 0.15) is 36.1 Å². The number of methoxy groups -OCH3 is 1. The molecular weight excluding hydrogens is 538 g/mol. The number of β-lactam (4-membered cyclic amide) rings is 1. The number of carboxylic acid groups (broad SMARTS) is 1. The minimum Gasteiger partial charge on any atom is -0.491 e. The molecule has 2 aromatic rings. The number of amides is 2. The fraction of sp³-hybridized carbons (Fsp3) is 0.409. The van der Waals surface area contributed by atoms with Gasteiger partial charge in [-0.1, -0.05) is 5.16 Å². The number of nitrogens with zero attached hydrogens (tertiary/aromatic N) is 5. The molecular formula is C22H26N7O7S2+. The van der Waals surface area contributed by atoms with Crippen molar-refractivity contribution in [2.45, 2.75) is 24.9 Å². The monoisotopic (exact) mass is 564 g/mol. The van der Waals surface area contributed by atoms with Gasteiger partial charge in [-0.25, -0.2) is 9.36 Å². The lowest BCUT2D eigenvalue weighted by atomic mass is 10.0. The molecule has 16 heteroatoms. The summed E-state index contributed by atoms with van der Waals surface area (Å²) in [4.78, 5) is 48.3. The van der Waals surface area contributed by atoms with Crippen LogP contribution in [0.25, 0.3) is 0 Å². The molecule has 0 bridgehead atoms. The van der Waals surface area contributed by atoms with Gasteiger partial charge >= 0.3 is 5.97 Å². The van der Waals surface area contributed by atoms with Crippen LogP contribution in [0.4, 0.5) is 5.13 Å². The third kappa shape index (κ3) is 5.87. The van der Waals surface area contributed by atoms with E-state index >= 15 is 0 Å². The summed E-state index contributed by atoms with van der Waals surface area (Å²) < 4.78 is 16.3. The maximum Gasteiger partial charge on any atom is 0.352 e. The van der Waals surface area contributed by atoms with Crippen molar-refractivity contribution < 1.29 is 38.4 Å². The summed E-state index contributed by atoms with van der Waals surface area (Å²) in [5.74, 6) is -1.51. The Kier molecular flexibility index (Phi) is 8.75. The second-order valence-electron chi connectivity index (χ2n) is 7.98. The standard InChI is InChI=1S/C22H25N7O7S2/c1-3-36-26-14(17-25-22(23)38-27-17)18(30)24-15-19(31)29-16(21(32)33)12(11-37-20(15)29)10-28-6-4-13(5-7-28)35-9-8-34-2/h4-7,15,20H,3,8-11H2,1-2H3,(H3-,23,24,25,27,30,32,33)/p+1/t15?,20-/m1/s1. The van der Waals surface area contributed by atoms with Crippen LogP contribution in [0.1, 0.15) is 12.7 Å². The largest absolute Gasteiger partial charge is 0.491 e. The van der Waals surface area contributed by atoms with Gasteiger partial charge in [0.05, 0.1) is 6.61 Å². The summed E-state index contributed by atoms with van der Waals surface area (Å²) in [5.41, 5.74) is 5.86. The molecule has 0 radical (unpaired) electrons. The highest BCUT2D eigenvalue weighted by Crippen LogP contribution is 2.40. The number of pyridine rings is 1. The van der Waals surface area contributed by atoms with Crippen molar-refractivity contribution in [2.75, 3.05) is 38.4 Å². The van der Waals surface area contributed by atoms with E-state index in [4.69, 9.17) is 20.0 Å². The van der Waals surface area contributed by atoms with Crippen molar-refractivity contribution in [2.24, 2.45) is 5.16 Å². The molecule has 38 heavy (non-hydrogen) atoms. The van der Waals surface area contributed by atoms with Crippen molar-refractivity contribution in [3.05, 3.63) is 41.6 Å². The number of hydrogen-bond acceptors (Lipinski definition) is 12. The average Bonchev–Trinajstić information content (AvgIpc) is 3.33. The molecule has 4 N–H and O–H groups in total. The molecule has 1 fully saturated rings. The molecule has 0 saturated carbocycles. The van der Waals surface area contributed by atoms with Crippen LogP contribution in [0.2, 0.25) is 0 Å². The van der Waals surface area contributed by atoms with Gasteiger partial charge in [-0.2, -0.15) is 9.36 Å². The maximum absolute atomic E-state index is 13.0. The zero-order valence-corrected chi connectivity index (χ0v) is 22.2. The van der Waals surface area contributed by atoms with Crippen molar-refractivity contribution in [1.82, 2.24) is 19.6 Å². The van der Waals surface area contributed by atoms with Crippen LogP contribution in [-0.4, -0.2) is 87.0 Å². The number of carboxylic acids is 1. The van der Waals surface area contributed by atoms with E-state index in [1.54, 1.807) is 43.1 Å². The maximum atomic E-state index is 13.0. The number of fused-ring (bicyclic) bond motifs is 1. The lowest BCUT2D eigenvalue weighted by molar-refractivity contribution is -0.689. The Morgan fingerprint density at radius 2 is 2.11 bits per heavy atom. The van der Waals surface area contributed by atoms with Crippen LogP contribution < -0.4 is 20.4 Å².